The zero-order valence-corrected chi connectivity index (χ0v) is 15.2. The van der Waals surface area contributed by atoms with Gasteiger partial charge in [0.15, 0.2) is 5.82 Å². The molecule has 0 aliphatic rings. The fourth-order valence-corrected chi connectivity index (χ4v) is 3.11. The van der Waals surface area contributed by atoms with E-state index in [-0.39, 0.29) is 5.75 Å². The van der Waals surface area contributed by atoms with E-state index >= 15 is 0 Å². The SMILES string of the molecule is Cc1ccc(Cn2c(Cc3ccccc3)nnc2-c2ccc(O)cc2)cc1. The van der Waals surface area contributed by atoms with Crippen molar-refractivity contribution in [3.05, 3.63) is 101 Å². The number of hydrogen-bond acceptors (Lipinski definition) is 3. The number of nitrogens with zero attached hydrogens (tertiary/aromatic N) is 3. The first kappa shape index (κ1) is 17.0. The second kappa shape index (κ2) is 7.46. The number of hydrogen-bond donors (Lipinski definition) is 1. The van der Waals surface area contributed by atoms with E-state index in [1.54, 1.807) is 12.1 Å². The van der Waals surface area contributed by atoms with Crippen LogP contribution in [0.15, 0.2) is 78.9 Å². The van der Waals surface area contributed by atoms with Crippen molar-refractivity contribution in [1.82, 2.24) is 14.8 Å². The third-order valence-corrected chi connectivity index (χ3v) is 4.62. The Balaban J connectivity index is 1.74. The molecule has 4 heteroatoms. The summed E-state index contributed by atoms with van der Waals surface area (Å²) >= 11 is 0. The van der Waals surface area contributed by atoms with Crippen LogP contribution >= 0.6 is 0 Å². The Labute approximate surface area is 158 Å². The van der Waals surface area contributed by atoms with Crippen LogP contribution in [0, 0.1) is 6.92 Å². The molecule has 1 heterocycles. The van der Waals surface area contributed by atoms with E-state index in [0.717, 1.165) is 23.6 Å². The second-order valence-corrected chi connectivity index (χ2v) is 6.72. The highest BCUT2D eigenvalue weighted by Crippen LogP contribution is 2.23. The number of benzene rings is 3. The molecule has 0 spiro atoms. The molecule has 0 unspecified atom stereocenters. The normalized spacial score (nSPS) is 10.9. The summed E-state index contributed by atoms with van der Waals surface area (Å²) in [5, 5.41) is 18.5. The number of aromatic nitrogens is 3. The third kappa shape index (κ3) is 3.90. The molecule has 3 aromatic carbocycles. The van der Waals surface area contributed by atoms with E-state index in [4.69, 9.17) is 0 Å². The van der Waals surface area contributed by atoms with E-state index in [1.165, 1.54) is 16.7 Å². The van der Waals surface area contributed by atoms with Gasteiger partial charge in [0.25, 0.3) is 0 Å². The smallest absolute Gasteiger partial charge is 0.164 e. The summed E-state index contributed by atoms with van der Waals surface area (Å²) in [6.07, 6.45) is 0.720. The van der Waals surface area contributed by atoms with Crippen molar-refractivity contribution < 1.29 is 5.11 Å². The summed E-state index contributed by atoms with van der Waals surface area (Å²) in [4.78, 5) is 0. The maximum Gasteiger partial charge on any atom is 0.164 e. The predicted octanol–water partition coefficient (Wildman–Crippen LogP) is 4.60. The molecule has 0 atom stereocenters. The number of aromatic hydroxyl groups is 1. The molecule has 4 aromatic rings. The van der Waals surface area contributed by atoms with Crippen LogP contribution in [0.3, 0.4) is 0 Å². The summed E-state index contributed by atoms with van der Waals surface area (Å²) in [6, 6.07) is 25.9. The first-order chi connectivity index (χ1) is 13.2. The van der Waals surface area contributed by atoms with Crippen LogP contribution in [0.2, 0.25) is 0 Å². The van der Waals surface area contributed by atoms with E-state index in [2.05, 4.69) is 58.1 Å². The summed E-state index contributed by atoms with van der Waals surface area (Å²) in [5.41, 5.74) is 4.58. The summed E-state index contributed by atoms with van der Waals surface area (Å²) in [5.74, 6) is 1.97. The van der Waals surface area contributed by atoms with Crippen molar-refractivity contribution in [1.29, 1.82) is 0 Å². The lowest BCUT2D eigenvalue weighted by molar-refractivity contribution is 0.475. The lowest BCUT2D eigenvalue weighted by Crippen LogP contribution is -2.08. The largest absolute Gasteiger partial charge is 0.508 e. The van der Waals surface area contributed by atoms with Crippen molar-refractivity contribution in [3.63, 3.8) is 0 Å². The van der Waals surface area contributed by atoms with Crippen molar-refractivity contribution in [2.45, 2.75) is 19.9 Å². The Kier molecular flexibility index (Phi) is 4.71. The molecular formula is C23H21N3O. The number of phenolic OH excluding ortho intramolecular Hbond substituents is 1. The molecule has 0 saturated carbocycles. The molecular weight excluding hydrogens is 334 g/mol. The van der Waals surface area contributed by atoms with Gasteiger partial charge in [0, 0.05) is 12.0 Å². The highest BCUT2D eigenvalue weighted by Gasteiger charge is 2.15. The van der Waals surface area contributed by atoms with Crippen LogP contribution in [-0.4, -0.2) is 19.9 Å². The molecule has 27 heavy (non-hydrogen) atoms. The highest BCUT2D eigenvalue weighted by molar-refractivity contribution is 5.57. The van der Waals surface area contributed by atoms with Crippen LogP contribution in [-0.2, 0) is 13.0 Å². The quantitative estimate of drug-likeness (QED) is 0.569. The maximum atomic E-state index is 9.59. The topological polar surface area (TPSA) is 50.9 Å². The van der Waals surface area contributed by atoms with Gasteiger partial charge < -0.3 is 9.67 Å². The monoisotopic (exact) mass is 355 g/mol. The minimum atomic E-state index is 0.243. The second-order valence-electron chi connectivity index (χ2n) is 6.72. The zero-order valence-electron chi connectivity index (χ0n) is 15.2. The van der Waals surface area contributed by atoms with E-state index in [9.17, 15) is 5.11 Å². The van der Waals surface area contributed by atoms with Crippen molar-refractivity contribution in [2.24, 2.45) is 0 Å². The molecule has 0 saturated heterocycles. The molecule has 4 nitrogen and oxygen atoms in total. The van der Waals surface area contributed by atoms with Crippen LogP contribution in [0.25, 0.3) is 11.4 Å². The van der Waals surface area contributed by atoms with Crippen LogP contribution < -0.4 is 0 Å². The standard InChI is InChI=1S/C23H21N3O/c1-17-7-9-19(10-8-17)16-26-22(15-18-5-3-2-4-6-18)24-25-23(26)20-11-13-21(27)14-12-20/h2-14,27H,15-16H2,1H3. The number of aryl methyl sites for hydroxylation is 1. The maximum absolute atomic E-state index is 9.59. The van der Waals surface area contributed by atoms with Gasteiger partial charge in [0.2, 0.25) is 0 Å². The fraction of sp³-hybridized carbons (Fsp3) is 0.130. The van der Waals surface area contributed by atoms with Crippen molar-refractivity contribution in [3.8, 4) is 17.1 Å². The molecule has 134 valence electrons. The minimum Gasteiger partial charge on any atom is -0.508 e. The van der Waals surface area contributed by atoms with Gasteiger partial charge in [-0.05, 0) is 42.3 Å². The molecule has 1 N–H and O–H groups in total. The van der Waals surface area contributed by atoms with Gasteiger partial charge in [-0.2, -0.15) is 0 Å². The van der Waals surface area contributed by atoms with Gasteiger partial charge >= 0.3 is 0 Å². The lowest BCUT2D eigenvalue weighted by Gasteiger charge is -2.11. The Hall–Kier alpha value is -3.40. The van der Waals surface area contributed by atoms with Crippen molar-refractivity contribution >= 4 is 0 Å². The van der Waals surface area contributed by atoms with Gasteiger partial charge in [-0.25, -0.2) is 0 Å². The molecule has 1 aromatic heterocycles. The average Bonchev–Trinajstić information content (AvgIpc) is 3.07. The van der Waals surface area contributed by atoms with E-state index < -0.39 is 0 Å². The highest BCUT2D eigenvalue weighted by atomic mass is 16.3. The minimum absolute atomic E-state index is 0.243. The number of rotatable bonds is 5. The Morgan fingerprint density at radius 3 is 2.19 bits per heavy atom. The molecule has 4 rings (SSSR count). The zero-order chi connectivity index (χ0) is 18.6. The predicted molar refractivity (Wildman–Crippen MR) is 107 cm³/mol. The summed E-state index contributed by atoms with van der Waals surface area (Å²) in [7, 11) is 0. The number of phenols is 1. The molecule has 0 fully saturated rings. The fourth-order valence-electron chi connectivity index (χ4n) is 3.11. The Morgan fingerprint density at radius 2 is 1.48 bits per heavy atom. The Morgan fingerprint density at radius 1 is 0.778 bits per heavy atom. The van der Waals surface area contributed by atoms with Gasteiger partial charge in [-0.15, -0.1) is 10.2 Å². The molecule has 0 bridgehead atoms. The van der Waals surface area contributed by atoms with Gasteiger partial charge in [0.05, 0.1) is 6.54 Å². The lowest BCUT2D eigenvalue weighted by atomic mass is 10.1. The van der Waals surface area contributed by atoms with Gasteiger partial charge in [-0.3, -0.25) is 0 Å². The molecule has 0 aliphatic heterocycles. The van der Waals surface area contributed by atoms with Crippen LogP contribution in [0.4, 0.5) is 0 Å². The molecule has 0 aliphatic carbocycles. The van der Waals surface area contributed by atoms with Crippen LogP contribution in [0.1, 0.15) is 22.5 Å². The Bertz CT molecular complexity index is 1020. The average molecular weight is 355 g/mol. The van der Waals surface area contributed by atoms with Crippen molar-refractivity contribution in [2.75, 3.05) is 0 Å². The van der Waals surface area contributed by atoms with E-state index in [1.807, 2.05) is 30.3 Å². The third-order valence-electron chi connectivity index (χ3n) is 4.62. The van der Waals surface area contributed by atoms with Gasteiger partial charge in [-0.1, -0.05) is 60.2 Å². The first-order valence-corrected chi connectivity index (χ1v) is 9.00. The summed E-state index contributed by atoms with van der Waals surface area (Å²) in [6.45, 7) is 2.79. The first-order valence-electron chi connectivity index (χ1n) is 9.00. The van der Waals surface area contributed by atoms with E-state index in [0.29, 0.717) is 6.54 Å². The van der Waals surface area contributed by atoms with Gasteiger partial charge in [0.1, 0.15) is 11.6 Å². The summed E-state index contributed by atoms with van der Waals surface area (Å²) < 4.78 is 2.16. The molecule has 0 amide bonds. The molecule has 0 radical (unpaired) electrons. The van der Waals surface area contributed by atoms with Crippen LogP contribution in [0.5, 0.6) is 5.75 Å².